The van der Waals surface area contributed by atoms with E-state index in [1.807, 2.05) is 60.7 Å². The molecule has 10 nitrogen and oxygen atoms in total. The van der Waals surface area contributed by atoms with Gasteiger partial charge >= 0.3 is 12.0 Å². The molecule has 1 aliphatic heterocycles. The molecule has 1 heterocycles. The van der Waals surface area contributed by atoms with Gasteiger partial charge in [0.1, 0.15) is 12.2 Å². The molecule has 4 amide bonds. The van der Waals surface area contributed by atoms with E-state index in [2.05, 4.69) is 11.2 Å². The summed E-state index contributed by atoms with van der Waals surface area (Å²) in [5.41, 5.74) is 2.01. The van der Waals surface area contributed by atoms with Crippen LogP contribution in [0.3, 0.4) is 0 Å². The minimum Gasteiger partial charge on any atom is -0.481 e. The van der Waals surface area contributed by atoms with Gasteiger partial charge in [-0.3, -0.25) is 14.4 Å². The van der Waals surface area contributed by atoms with Crippen LogP contribution >= 0.6 is 0 Å². The first kappa shape index (κ1) is 29.2. The molecule has 1 aliphatic rings. The van der Waals surface area contributed by atoms with Crippen molar-refractivity contribution in [3.63, 3.8) is 0 Å². The number of aryl methyl sites for hydroxylation is 1. The third kappa shape index (κ3) is 7.82. The van der Waals surface area contributed by atoms with Gasteiger partial charge in [-0.25, -0.2) is 9.80 Å². The molecule has 2 atom stereocenters. The van der Waals surface area contributed by atoms with Crippen molar-refractivity contribution in [2.45, 2.75) is 44.9 Å². The van der Waals surface area contributed by atoms with Crippen LogP contribution in [0.2, 0.25) is 0 Å². The number of carbonyl (C=O) groups excluding carboxylic acids is 3. The lowest BCUT2D eigenvalue weighted by molar-refractivity contribution is -0.175. The van der Waals surface area contributed by atoms with E-state index in [4.69, 9.17) is 6.42 Å². The number of urea groups is 1. The first-order valence-electron chi connectivity index (χ1n) is 12.8. The number of nitrogens with zero attached hydrogens (tertiary/aromatic N) is 4. The topological polar surface area (TPSA) is 114 Å². The summed E-state index contributed by atoms with van der Waals surface area (Å²) in [6, 6.07) is 17.3. The highest BCUT2D eigenvalue weighted by Crippen LogP contribution is 2.23. The molecule has 10 heteroatoms. The average molecular weight is 534 g/mol. The van der Waals surface area contributed by atoms with Crippen LogP contribution in [0.4, 0.5) is 4.79 Å². The third-order valence-corrected chi connectivity index (χ3v) is 6.60. The highest BCUT2D eigenvalue weighted by atomic mass is 16.4. The normalized spacial score (nSPS) is 16.3. The highest BCUT2D eigenvalue weighted by molar-refractivity contribution is 5.92. The Balaban J connectivity index is 1.77. The van der Waals surface area contributed by atoms with Crippen molar-refractivity contribution in [3.05, 3.63) is 71.8 Å². The number of hydrazine groups is 1. The molecule has 39 heavy (non-hydrogen) atoms. The molecular formula is C29H35N5O5. The summed E-state index contributed by atoms with van der Waals surface area (Å²) in [6.07, 6.45) is 5.37. The number of carboxylic acid groups (broad SMARTS) is 1. The van der Waals surface area contributed by atoms with Crippen molar-refractivity contribution in [1.29, 1.82) is 0 Å². The molecule has 2 aromatic rings. The molecule has 1 saturated heterocycles. The molecule has 0 aliphatic carbocycles. The van der Waals surface area contributed by atoms with Gasteiger partial charge in [0, 0.05) is 20.1 Å². The zero-order chi connectivity index (χ0) is 28.4. The predicted molar refractivity (Wildman–Crippen MR) is 146 cm³/mol. The van der Waals surface area contributed by atoms with Gasteiger partial charge < -0.3 is 20.2 Å². The van der Waals surface area contributed by atoms with Crippen molar-refractivity contribution in [2.24, 2.45) is 0 Å². The number of amides is 4. The van der Waals surface area contributed by atoms with Crippen LogP contribution in [-0.4, -0.2) is 87.6 Å². The quantitative estimate of drug-likeness (QED) is 0.428. The lowest BCUT2D eigenvalue weighted by Gasteiger charge is -2.49. The summed E-state index contributed by atoms with van der Waals surface area (Å²) in [5, 5.41) is 15.2. The number of benzene rings is 2. The lowest BCUT2D eigenvalue weighted by Crippen LogP contribution is -2.70. The van der Waals surface area contributed by atoms with Gasteiger partial charge in [-0.15, -0.1) is 6.42 Å². The summed E-state index contributed by atoms with van der Waals surface area (Å²) in [7, 11) is 1.59. The van der Waals surface area contributed by atoms with Crippen LogP contribution in [0.1, 0.15) is 30.9 Å². The highest BCUT2D eigenvalue weighted by Gasteiger charge is 2.45. The molecule has 206 valence electrons. The standard InChI is InChI=1S/C29H35N5O5/c1-4-17-32-21-26(35)33(22(2)34(32)29(39)30-20-24-14-9-6-10-15-24)25(19-27(36)37)28(38)31(3)18-11-16-23-12-7-5-8-13-23/h1,5-10,12-15,22,25H,11,16-21H2,2-3H3,(H,30,39)(H,36,37)/t22-,25-/m0/s1. The van der Waals surface area contributed by atoms with Crippen LogP contribution in [0.15, 0.2) is 60.7 Å². The second kappa shape index (κ2) is 14.0. The minimum atomic E-state index is -1.29. The largest absolute Gasteiger partial charge is 0.481 e. The molecule has 2 aromatic carbocycles. The van der Waals surface area contributed by atoms with Crippen LogP contribution in [-0.2, 0) is 27.3 Å². The SMILES string of the molecule is C#CCN1CC(=O)N([C@@H](CC(=O)O)C(=O)N(C)CCCc2ccccc2)[C@H](C)N1C(=O)NCc1ccccc1. The maximum absolute atomic E-state index is 13.5. The van der Waals surface area contributed by atoms with E-state index in [0.717, 1.165) is 17.5 Å². The zero-order valence-corrected chi connectivity index (χ0v) is 22.3. The number of hydrogen-bond acceptors (Lipinski definition) is 5. The molecular weight excluding hydrogens is 498 g/mol. The number of aliphatic carboxylic acids is 1. The van der Waals surface area contributed by atoms with E-state index >= 15 is 0 Å². The van der Waals surface area contributed by atoms with Crippen LogP contribution in [0.5, 0.6) is 0 Å². The van der Waals surface area contributed by atoms with Gasteiger partial charge in [0.05, 0.1) is 19.5 Å². The average Bonchev–Trinajstić information content (AvgIpc) is 2.91. The van der Waals surface area contributed by atoms with Gasteiger partial charge in [-0.05, 0) is 30.9 Å². The Morgan fingerprint density at radius 1 is 1.10 bits per heavy atom. The number of carboxylic acids is 1. The van der Waals surface area contributed by atoms with Gasteiger partial charge in [0.2, 0.25) is 11.8 Å². The Kier molecular flexibility index (Phi) is 10.5. The van der Waals surface area contributed by atoms with Gasteiger partial charge in [0.15, 0.2) is 0 Å². The van der Waals surface area contributed by atoms with E-state index in [1.54, 1.807) is 14.0 Å². The second-order valence-electron chi connectivity index (χ2n) is 9.41. The Labute approximate surface area is 229 Å². The Morgan fingerprint density at radius 3 is 2.31 bits per heavy atom. The predicted octanol–water partition coefficient (Wildman–Crippen LogP) is 2.17. The van der Waals surface area contributed by atoms with E-state index in [1.165, 1.54) is 19.8 Å². The van der Waals surface area contributed by atoms with Crippen molar-refractivity contribution in [2.75, 3.05) is 26.7 Å². The molecule has 0 spiro atoms. The smallest absolute Gasteiger partial charge is 0.334 e. The fourth-order valence-corrected chi connectivity index (χ4v) is 4.70. The monoisotopic (exact) mass is 533 g/mol. The Hall–Kier alpha value is -4.36. The van der Waals surface area contributed by atoms with Crippen molar-refractivity contribution >= 4 is 23.8 Å². The van der Waals surface area contributed by atoms with Gasteiger partial charge in [0.25, 0.3) is 0 Å². The van der Waals surface area contributed by atoms with E-state index in [9.17, 15) is 24.3 Å². The summed E-state index contributed by atoms with van der Waals surface area (Å²) in [6.45, 7) is 1.92. The van der Waals surface area contributed by atoms with E-state index in [0.29, 0.717) is 13.0 Å². The van der Waals surface area contributed by atoms with Crippen molar-refractivity contribution < 1.29 is 24.3 Å². The summed E-state index contributed by atoms with van der Waals surface area (Å²) >= 11 is 0. The van der Waals surface area contributed by atoms with E-state index < -0.39 is 42.4 Å². The summed E-state index contributed by atoms with van der Waals surface area (Å²) in [4.78, 5) is 54.5. The van der Waals surface area contributed by atoms with Crippen LogP contribution < -0.4 is 5.32 Å². The molecule has 0 bridgehead atoms. The third-order valence-electron chi connectivity index (χ3n) is 6.60. The lowest BCUT2D eigenvalue weighted by atomic mass is 10.1. The van der Waals surface area contributed by atoms with Gasteiger partial charge in [-0.2, -0.15) is 5.01 Å². The van der Waals surface area contributed by atoms with Crippen molar-refractivity contribution in [1.82, 2.24) is 25.1 Å². The fourth-order valence-electron chi connectivity index (χ4n) is 4.70. The molecule has 2 N–H and O–H groups in total. The molecule has 1 fully saturated rings. The number of carbonyl (C=O) groups is 4. The maximum atomic E-state index is 13.5. The molecule has 0 radical (unpaired) electrons. The number of likely N-dealkylation sites (N-methyl/N-ethyl adjacent to an activating group) is 1. The summed E-state index contributed by atoms with van der Waals surface area (Å²) in [5.74, 6) is 0.247. The minimum absolute atomic E-state index is 0.0143. The van der Waals surface area contributed by atoms with Crippen LogP contribution in [0.25, 0.3) is 0 Å². The zero-order valence-electron chi connectivity index (χ0n) is 22.3. The van der Waals surface area contributed by atoms with Crippen LogP contribution in [0, 0.1) is 12.3 Å². The van der Waals surface area contributed by atoms with Gasteiger partial charge in [-0.1, -0.05) is 66.6 Å². The number of hydrogen-bond donors (Lipinski definition) is 2. The maximum Gasteiger partial charge on any atom is 0.334 e. The van der Waals surface area contributed by atoms with E-state index in [-0.39, 0.29) is 19.6 Å². The second-order valence-corrected chi connectivity index (χ2v) is 9.41. The molecule has 0 saturated carbocycles. The Bertz CT molecular complexity index is 1180. The molecule has 0 aromatic heterocycles. The summed E-state index contributed by atoms with van der Waals surface area (Å²) < 4.78 is 0. The van der Waals surface area contributed by atoms with Crippen molar-refractivity contribution in [3.8, 4) is 12.3 Å². The first-order chi connectivity index (χ1) is 18.7. The number of rotatable bonds is 11. The molecule has 3 rings (SSSR count). The first-order valence-corrected chi connectivity index (χ1v) is 12.8. The number of terminal acetylenes is 1. The number of nitrogens with one attached hydrogen (secondary N) is 1. The fraction of sp³-hybridized carbons (Fsp3) is 0.379. The molecule has 0 unspecified atom stereocenters. The Morgan fingerprint density at radius 2 is 1.72 bits per heavy atom.